The summed E-state index contributed by atoms with van der Waals surface area (Å²) in [6.07, 6.45) is 3.03. The van der Waals surface area contributed by atoms with Crippen molar-refractivity contribution in [1.82, 2.24) is 4.98 Å². The summed E-state index contributed by atoms with van der Waals surface area (Å²) < 4.78 is 33.0. The summed E-state index contributed by atoms with van der Waals surface area (Å²) >= 11 is 1.39. The molecule has 1 aromatic heterocycles. The Kier molecular flexibility index (Phi) is 6.49. The van der Waals surface area contributed by atoms with Crippen molar-refractivity contribution in [1.29, 1.82) is 0 Å². The van der Waals surface area contributed by atoms with Crippen LogP contribution in [0.4, 0.5) is 13.9 Å². The SMILES string of the molecule is CCCCOc1c(F)cc(F)cc1C=NNc1nc(-c2ccccc2)cs1. The third-order valence-electron chi connectivity index (χ3n) is 3.72. The van der Waals surface area contributed by atoms with Crippen LogP contribution in [-0.2, 0) is 0 Å². The lowest BCUT2D eigenvalue weighted by molar-refractivity contribution is 0.293. The van der Waals surface area contributed by atoms with Crippen LogP contribution < -0.4 is 10.2 Å². The molecule has 3 aromatic rings. The van der Waals surface area contributed by atoms with Crippen molar-refractivity contribution in [2.45, 2.75) is 19.8 Å². The van der Waals surface area contributed by atoms with Gasteiger partial charge in [0.05, 0.1) is 18.5 Å². The largest absolute Gasteiger partial charge is 0.490 e. The van der Waals surface area contributed by atoms with E-state index in [0.29, 0.717) is 11.7 Å². The maximum atomic E-state index is 14.0. The lowest BCUT2D eigenvalue weighted by atomic mass is 10.2. The van der Waals surface area contributed by atoms with Gasteiger partial charge >= 0.3 is 0 Å². The first kappa shape index (κ1) is 19.0. The third-order valence-corrected chi connectivity index (χ3v) is 4.47. The number of nitrogens with zero attached hydrogens (tertiary/aromatic N) is 2. The van der Waals surface area contributed by atoms with Crippen LogP contribution in [0.15, 0.2) is 52.9 Å². The third kappa shape index (κ3) is 5.10. The molecule has 2 aromatic carbocycles. The normalized spacial score (nSPS) is 11.1. The number of hydrogen-bond donors (Lipinski definition) is 1. The molecule has 4 nitrogen and oxygen atoms in total. The lowest BCUT2D eigenvalue weighted by Crippen LogP contribution is -2.03. The van der Waals surface area contributed by atoms with E-state index in [1.807, 2.05) is 42.6 Å². The Morgan fingerprint density at radius 2 is 2.04 bits per heavy atom. The van der Waals surface area contributed by atoms with Gasteiger partial charge in [0, 0.05) is 22.6 Å². The number of hydrazone groups is 1. The van der Waals surface area contributed by atoms with Gasteiger partial charge in [0.1, 0.15) is 5.82 Å². The van der Waals surface area contributed by atoms with Crippen LogP contribution in [-0.4, -0.2) is 17.8 Å². The standard InChI is InChI=1S/C20H19F2N3OS/c1-2-3-9-26-19-15(10-16(21)11-17(19)22)12-23-25-20-24-18(13-27-20)14-7-5-4-6-8-14/h4-8,10-13H,2-3,9H2,1H3,(H,24,25). The quantitative estimate of drug-likeness (QED) is 0.306. The van der Waals surface area contributed by atoms with E-state index in [1.54, 1.807) is 0 Å². The maximum absolute atomic E-state index is 14.0. The number of thiazole rings is 1. The second kappa shape index (κ2) is 9.23. The number of rotatable bonds is 8. The number of benzene rings is 2. The minimum atomic E-state index is -0.742. The molecular weight excluding hydrogens is 368 g/mol. The minimum Gasteiger partial charge on any atom is -0.490 e. The predicted octanol–water partition coefficient (Wildman–Crippen LogP) is 5.71. The highest BCUT2D eigenvalue weighted by molar-refractivity contribution is 7.14. The highest BCUT2D eigenvalue weighted by atomic mass is 32.1. The van der Waals surface area contributed by atoms with Crippen molar-refractivity contribution in [2.24, 2.45) is 5.10 Å². The van der Waals surface area contributed by atoms with E-state index in [2.05, 4.69) is 15.5 Å². The number of aromatic nitrogens is 1. The summed E-state index contributed by atoms with van der Waals surface area (Å²) in [5.74, 6) is -1.43. The Bertz CT molecular complexity index is 913. The summed E-state index contributed by atoms with van der Waals surface area (Å²) in [5.41, 5.74) is 4.86. The Morgan fingerprint density at radius 1 is 1.22 bits per heavy atom. The highest BCUT2D eigenvalue weighted by Crippen LogP contribution is 2.25. The zero-order valence-electron chi connectivity index (χ0n) is 14.8. The number of nitrogens with one attached hydrogen (secondary N) is 1. The molecule has 27 heavy (non-hydrogen) atoms. The van der Waals surface area contributed by atoms with Crippen LogP contribution in [0.1, 0.15) is 25.3 Å². The number of hydrogen-bond acceptors (Lipinski definition) is 5. The van der Waals surface area contributed by atoms with Gasteiger partial charge in [-0.15, -0.1) is 11.3 Å². The average molecular weight is 387 g/mol. The Hall–Kier alpha value is -2.80. The first-order valence-electron chi connectivity index (χ1n) is 8.59. The van der Waals surface area contributed by atoms with E-state index in [-0.39, 0.29) is 11.3 Å². The highest BCUT2D eigenvalue weighted by Gasteiger charge is 2.12. The van der Waals surface area contributed by atoms with E-state index in [9.17, 15) is 8.78 Å². The number of anilines is 1. The van der Waals surface area contributed by atoms with Gasteiger partial charge in [0.2, 0.25) is 5.13 Å². The molecule has 0 saturated carbocycles. The van der Waals surface area contributed by atoms with Gasteiger partial charge in [0.25, 0.3) is 0 Å². The fourth-order valence-corrected chi connectivity index (χ4v) is 3.04. The molecule has 3 rings (SSSR count). The number of unbranched alkanes of at least 4 members (excludes halogenated alkanes) is 1. The molecular formula is C20H19F2N3OS. The molecule has 1 N–H and O–H groups in total. The number of halogens is 2. The Balaban J connectivity index is 1.72. The van der Waals surface area contributed by atoms with Crippen molar-refractivity contribution < 1.29 is 13.5 Å². The van der Waals surface area contributed by atoms with Gasteiger partial charge in [-0.1, -0.05) is 43.7 Å². The van der Waals surface area contributed by atoms with E-state index < -0.39 is 11.6 Å². The first-order chi connectivity index (χ1) is 13.2. The topological polar surface area (TPSA) is 46.5 Å². The number of ether oxygens (including phenoxy) is 1. The lowest BCUT2D eigenvalue weighted by Gasteiger charge is -2.09. The van der Waals surface area contributed by atoms with Gasteiger partial charge in [-0.05, 0) is 12.5 Å². The fourth-order valence-electron chi connectivity index (χ4n) is 2.37. The van der Waals surface area contributed by atoms with E-state index in [1.165, 1.54) is 23.6 Å². The first-order valence-corrected chi connectivity index (χ1v) is 9.47. The Morgan fingerprint density at radius 3 is 2.81 bits per heavy atom. The van der Waals surface area contributed by atoms with Crippen LogP contribution >= 0.6 is 11.3 Å². The molecule has 1 heterocycles. The van der Waals surface area contributed by atoms with Gasteiger partial charge < -0.3 is 4.74 Å². The summed E-state index contributed by atoms with van der Waals surface area (Å²) in [4.78, 5) is 4.44. The molecule has 0 spiro atoms. The minimum absolute atomic E-state index is 0.000451. The predicted molar refractivity (Wildman–Crippen MR) is 106 cm³/mol. The van der Waals surface area contributed by atoms with E-state index >= 15 is 0 Å². The van der Waals surface area contributed by atoms with Crippen LogP contribution in [0.5, 0.6) is 5.75 Å². The van der Waals surface area contributed by atoms with Crippen LogP contribution in [0.25, 0.3) is 11.3 Å². The van der Waals surface area contributed by atoms with Crippen molar-refractivity contribution in [2.75, 3.05) is 12.0 Å². The van der Waals surface area contributed by atoms with Crippen LogP contribution in [0, 0.1) is 11.6 Å². The van der Waals surface area contributed by atoms with E-state index in [0.717, 1.165) is 30.2 Å². The molecule has 0 amide bonds. The van der Waals surface area contributed by atoms with E-state index in [4.69, 9.17) is 4.74 Å². The molecule has 0 saturated heterocycles. The second-order valence-corrected chi connectivity index (χ2v) is 6.64. The zero-order chi connectivity index (χ0) is 19.1. The smallest absolute Gasteiger partial charge is 0.203 e. The van der Waals surface area contributed by atoms with Crippen LogP contribution in [0.3, 0.4) is 0 Å². The summed E-state index contributed by atoms with van der Waals surface area (Å²) in [6.45, 7) is 2.37. The van der Waals surface area contributed by atoms with Crippen molar-refractivity contribution >= 4 is 22.7 Å². The summed E-state index contributed by atoms with van der Waals surface area (Å²) in [6, 6.07) is 11.8. The van der Waals surface area contributed by atoms with Crippen molar-refractivity contribution in [3.63, 3.8) is 0 Å². The molecule has 0 aliphatic heterocycles. The van der Waals surface area contributed by atoms with Gasteiger partial charge in [0.15, 0.2) is 11.6 Å². The van der Waals surface area contributed by atoms with Crippen molar-refractivity contribution in [3.05, 3.63) is 65.0 Å². The van der Waals surface area contributed by atoms with Gasteiger partial charge in [-0.2, -0.15) is 5.10 Å². The molecule has 0 aliphatic rings. The molecule has 0 atom stereocenters. The zero-order valence-corrected chi connectivity index (χ0v) is 15.6. The molecule has 140 valence electrons. The molecule has 0 bridgehead atoms. The maximum Gasteiger partial charge on any atom is 0.203 e. The molecule has 0 aliphatic carbocycles. The fraction of sp³-hybridized carbons (Fsp3) is 0.200. The summed E-state index contributed by atoms with van der Waals surface area (Å²) in [7, 11) is 0. The van der Waals surface area contributed by atoms with Crippen LogP contribution in [0.2, 0.25) is 0 Å². The van der Waals surface area contributed by atoms with Gasteiger partial charge in [-0.3, -0.25) is 5.43 Å². The molecule has 0 radical (unpaired) electrons. The average Bonchev–Trinajstić information content (AvgIpc) is 3.13. The molecule has 0 unspecified atom stereocenters. The second-order valence-electron chi connectivity index (χ2n) is 5.78. The monoisotopic (exact) mass is 387 g/mol. The summed E-state index contributed by atoms with van der Waals surface area (Å²) in [5, 5.41) is 6.54. The Labute approximate surface area is 160 Å². The molecule has 0 fully saturated rings. The van der Waals surface area contributed by atoms with Gasteiger partial charge in [-0.25, -0.2) is 13.8 Å². The van der Waals surface area contributed by atoms with Crippen molar-refractivity contribution in [3.8, 4) is 17.0 Å². The molecule has 7 heteroatoms.